The van der Waals surface area contributed by atoms with Crippen molar-refractivity contribution in [2.24, 2.45) is 5.92 Å². The number of benzene rings is 1. The van der Waals surface area contributed by atoms with Crippen molar-refractivity contribution in [1.82, 2.24) is 4.90 Å². The Balaban J connectivity index is 2.02. The molecule has 1 heterocycles. The van der Waals surface area contributed by atoms with Gasteiger partial charge in [-0.3, -0.25) is 9.69 Å². The van der Waals surface area contributed by atoms with E-state index in [2.05, 4.69) is 20.8 Å². The van der Waals surface area contributed by atoms with Crippen LogP contribution in [-0.4, -0.2) is 28.6 Å². The zero-order chi connectivity index (χ0) is 14.0. The van der Waals surface area contributed by atoms with Crippen molar-refractivity contribution in [1.29, 1.82) is 0 Å². The number of carbonyl (C=O) groups is 1. The standard InChI is InChI=1S/C14H17BrFNO2/c1-9-6-10(14(18)19)4-5-17(9)8-11-2-3-12(16)7-13(11)15/h2-3,7,9-10H,4-6,8H2,1H3,(H,18,19). The highest BCUT2D eigenvalue weighted by atomic mass is 79.9. The van der Waals surface area contributed by atoms with Crippen LogP contribution in [0.4, 0.5) is 4.39 Å². The normalized spacial score (nSPS) is 24.4. The number of likely N-dealkylation sites (tertiary alicyclic amines) is 1. The first-order valence-electron chi connectivity index (χ1n) is 6.38. The van der Waals surface area contributed by atoms with Gasteiger partial charge in [-0.15, -0.1) is 0 Å². The van der Waals surface area contributed by atoms with E-state index in [1.165, 1.54) is 12.1 Å². The lowest BCUT2D eigenvalue weighted by Gasteiger charge is -2.36. The first-order valence-corrected chi connectivity index (χ1v) is 7.17. The van der Waals surface area contributed by atoms with Crippen LogP contribution in [0.3, 0.4) is 0 Å². The van der Waals surface area contributed by atoms with E-state index in [1.54, 1.807) is 6.07 Å². The van der Waals surface area contributed by atoms with E-state index in [1.807, 2.05) is 6.92 Å². The van der Waals surface area contributed by atoms with Gasteiger partial charge in [0.1, 0.15) is 5.82 Å². The molecule has 104 valence electrons. The molecule has 1 aliphatic rings. The molecule has 2 atom stereocenters. The maximum absolute atomic E-state index is 13.0. The monoisotopic (exact) mass is 329 g/mol. The van der Waals surface area contributed by atoms with Gasteiger partial charge in [0.15, 0.2) is 0 Å². The number of aliphatic carboxylic acids is 1. The summed E-state index contributed by atoms with van der Waals surface area (Å²) in [5, 5.41) is 9.04. The van der Waals surface area contributed by atoms with Crippen molar-refractivity contribution in [3.05, 3.63) is 34.1 Å². The number of rotatable bonds is 3. The lowest BCUT2D eigenvalue weighted by molar-refractivity contribution is -0.144. The smallest absolute Gasteiger partial charge is 0.306 e. The first-order chi connectivity index (χ1) is 8.97. The predicted molar refractivity (Wildman–Crippen MR) is 74.3 cm³/mol. The lowest BCUT2D eigenvalue weighted by Crippen LogP contribution is -2.42. The fraction of sp³-hybridized carbons (Fsp3) is 0.500. The third-order valence-corrected chi connectivity index (χ3v) is 4.49. The highest BCUT2D eigenvalue weighted by molar-refractivity contribution is 9.10. The van der Waals surface area contributed by atoms with Crippen LogP contribution in [0.15, 0.2) is 22.7 Å². The van der Waals surface area contributed by atoms with Crippen LogP contribution in [0.2, 0.25) is 0 Å². The summed E-state index contributed by atoms with van der Waals surface area (Å²) in [6.45, 7) is 3.53. The highest BCUT2D eigenvalue weighted by Gasteiger charge is 2.29. The van der Waals surface area contributed by atoms with E-state index >= 15 is 0 Å². The van der Waals surface area contributed by atoms with Gasteiger partial charge in [0.05, 0.1) is 5.92 Å². The van der Waals surface area contributed by atoms with Crippen LogP contribution < -0.4 is 0 Å². The topological polar surface area (TPSA) is 40.5 Å². The van der Waals surface area contributed by atoms with E-state index in [9.17, 15) is 9.18 Å². The van der Waals surface area contributed by atoms with Crippen LogP contribution in [0, 0.1) is 11.7 Å². The Morgan fingerprint density at radius 1 is 1.58 bits per heavy atom. The molecule has 0 saturated carbocycles. The van der Waals surface area contributed by atoms with Crippen molar-refractivity contribution in [3.63, 3.8) is 0 Å². The average molecular weight is 330 g/mol. The van der Waals surface area contributed by atoms with Gasteiger partial charge in [-0.1, -0.05) is 22.0 Å². The van der Waals surface area contributed by atoms with Gasteiger partial charge in [0.2, 0.25) is 0 Å². The number of nitrogens with zero attached hydrogens (tertiary/aromatic N) is 1. The molecule has 2 unspecified atom stereocenters. The molecule has 0 aromatic heterocycles. The Bertz CT molecular complexity index is 481. The zero-order valence-corrected chi connectivity index (χ0v) is 12.4. The number of piperidine rings is 1. The van der Waals surface area contributed by atoms with Crippen LogP contribution in [0.25, 0.3) is 0 Å². The first kappa shape index (κ1) is 14.5. The van der Waals surface area contributed by atoms with E-state index < -0.39 is 5.97 Å². The summed E-state index contributed by atoms with van der Waals surface area (Å²) in [5.74, 6) is -1.19. The van der Waals surface area contributed by atoms with E-state index in [0.29, 0.717) is 19.4 Å². The Hall–Kier alpha value is -0.940. The van der Waals surface area contributed by atoms with Crippen molar-refractivity contribution in [2.45, 2.75) is 32.4 Å². The van der Waals surface area contributed by atoms with Gasteiger partial charge in [-0.05, 0) is 44.0 Å². The van der Waals surface area contributed by atoms with Gasteiger partial charge in [-0.25, -0.2) is 4.39 Å². The number of hydrogen-bond donors (Lipinski definition) is 1. The number of carboxylic acids is 1. The second-order valence-electron chi connectivity index (χ2n) is 5.11. The molecule has 0 amide bonds. The summed E-state index contributed by atoms with van der Waals surface area (Å²) < 4.78 is 13.8. The predicted octanol–water partition coefficient (Wildman–Crippen LogP) is 3.27. The molecule has 1 aromatic carbocycles. The summed E-state index contributed by atoms with van der Waals surface area (Å²) in [5.41, 5.74) is 1.03. The van der Waals surface area contributed by atoms with Gasteiger partial charge in [0, 0.05) is 17.1 Å². The molecule has 1 aliphatic heterocycles. The SMILES string of the molecule is CC1CC(C(=O)O)CCN1Cc1ccc(F)cc1Br. The van der Waals surface area contributed by atoms with Gasteiger partial charge in [0.25, 0.3) is 0 Å². The molecule has 19 heavy (non-hydrogen) atoms. The van der Waals surface area contributed by atoms with Gasteiger partial charge in [-0.2, -0.15) is 0 Å². The molecular formula is C14H17BrFNO2. The molecule has 0 spiro atoms. The summed E-state index contributed by atoms with van der Waals surface area (Å²) in [7, 11) is 0. The maximum Gasteiger partial charge on any atom is 0.306 e. The minimum absolute atomic E-state index is 0.229. The highest BCUT2D eigenvalue weighted by Crippen LogP contribution is 2.27. The van der Waals surface area contributed by atoms with Crippen molar-refractivity contribution in [3.8, 4) is 0 Å². The Morgan fingerprint density at radius 3 is 2.89 bits per heavy atom. The van der Waals surface area contributed by atoms with E-state index in [0.717, 1.165) is 16.6 Å². The fourth-order valence-corrected chi connectivity index (χ4v) is 3.02. The molecule has 5 heteroatoms. The zero-order valence-electron chi connectivity index (χ0n) is 10.8. The largest absolute Gasteiger partial charge is 0.481 e. The third kappa shape index (κ3) is 3.54. The summed E-state index contributed by atoms with van der Waals surface area (Å²) >= 11 is 3.37. The van der Waals surface area contributed by atoms with Crippen molar-refractivity contribution in [2.75, 3.05) is 6.54 Å². The number of halogens is 2. The Labute approximate surface area is 120 Å². The van der Waals surface area contributed by atoms with Crippen molar-refractivity contribution < 1.29 is 14.3 Å². The summed E-state index contributed by atoms with van der Waals surface area (Å²) in [6.07, 6.45) is 1.35. The molecule has 0 bridgehead atoms. The summed E-state index contributed by atoms with van der Waals surface area (Å²) in [4.78, 5) is 13.2. The molecule has 0 radical (unpaired) electrons. The average Bonchev–Trinajstić information content (AvgIpc) is 2.34. The molecule has 1 aromatic rings. The molecule has 0 aliphatic carbocycles. The van der Waals surface area contributed by atoms with Crippen LogP contribution in [-0.2, 0) is 11.3 Å². The fourth-order valence-electron chi connectivity index (χ4n) is 2.55. The van der Waals surface area contributed by atoms with Crippen molar-refractivity contribution >= 4 is 21.9 Å². The molecule has 3 nitrogen and oxygen atoms in total. The minimum Gasteiger partial charge on any atom is -0.481 e. The lowest BCUT2D eigenvalue weighted by atomic mass is 9.91. The second-order valence-corrected chi connectivity index (χ2v) is 5.97. The Morgan fingerprint density at radius 2 is 2.32 bits per heavy atom. The van der Waals surface area contributed by atoms with Crippen LogP contribution in [0.1, 0.15) is 25.3 Å². The van der Waals surface area contributed by atoms with E-state index in [4.69, 9.17) is 5.11 Å². The molecule has 2 rings (SSSR count). The number of hydrogen-bond acceptors (Lipinski definition) is 2. The van der Waals surface area contributed by atoms with Gasteiger partial charge >= 0.3 is 5.97 Å². The maximum atomic E-state index is 13.0. The Kier molecular flexibility index (Phi) is 4.58. The molecule has 1 N–H and O–H groups in total. The van der Waals surface area contributed by atoms with E-state index in [-0.39, 0.29) is 17.8 Å². The molecular weight excluding hydrogens is 313 g/mol. The van der Waals surface area contributed by atoms with Gasteiger partial charge < -0.3 is 5.11 Å². The summed E-state index contributed by atoms with van der Waals surface area (Å²) in [6, 6.07) is 4.92. The third-order valence-electron chi connectivity index (χ3n) is 3.75. The molecule has 1 fully saturated rings. The van der Waals surface area contributed by atoms with Crippen LogP contribution >= 0.6 is 15.9 Å². The second kappa shape index (κ2) is 6.01. The number of carboxylic acid groups (broad SMARTS) is 1. The molecule has 1 saturated heterocycles. The quantitative estimate of drug-likeness (QED) is 0.925. The van der Waals surface area contributed by atoms with Crippen LogP contribution in [0.5, 0.6) is 0 Å². The minimum atomic E-state index is -0.700.